The fourth-order valence-corrected chi connectivity index (χ4v) is 4.58. The van der Waals surface area contributed by atoms with Gasteiger partial charge in [-0.3, -0.25) is 0 Å². The van der Waals surface area contributed by atoms with Gasteiger partial charge in [0.15, 0.2) is 11.5 Å². The van der Waals surface area contributed by atoms with Crippen LogP contribution in [0.5, 0.6) is 17.2 Å². The van der Waals surface area contributed by atoms with E-state index in [4.69, 9.17) is 19.3 Å². The second kappa shape index (κ2) is 8.09. The maximum atomic E-state index is 11.7. The largest absolute Gasteiger partial charge is 0.493 e. The second-order valence-electron chi connectivity index (χ2n) is 7.27. The molecule has 0 amide bonds. The minimum atomic E-state index is -3.67. The first-order chi connectivity index (χ1) is 14.8. The fourth-order valence-electron chi connectivity index (χ4n) is 3.94. The zero-order chi connectivity index (χ0) is 22.2. The van der Waals surface area contributed by atoms with Crippen molar-refractivity contribution in [2.24, 2.45) is 5.14 Å². The summed E-state index contributed by atoms with van der Waals surface area (Å²) in [6, 6.07) is 16.9. The number of benzene rings is 3. The molecule has 0 aromatic heterocycles. The Kier molecular flexibility index (Phi) is 5.47. The van der Waals surface area contributed by atoms with Crippen LogP contribution in [0.1, 0.15) is 28.4 Å². The molecular formula is C24H23NO5S. The predicted octanol–water partition coefficient (Wildman–Crippen LogP) is 4.28. The minimum Gasteiger partial charge on any atom is -0.493 e. The first-order valence-corrected chi connectivity index (χ1v) is 11.3. The molecule has 0 bridgehead atoms. The molecular weight excluding hydrogens is 414 g/mol. The van der Waals surface area contributed by atoms with Gasteiger partial charge in [-0.2, -0.15) is 0 Å². The third kappa shape index (κ3) is 4.02. The molecule has 1 aliphatic heterocycles. The third-order valence-corrected chi connectivity index (χ3v) is 6.00. The summed E-state index contributed by atoms with van der Waals surface area (Å²) in [5.74, 6) is 1.66. The standard InChI is InChI=1S/C24H23NO5S/c1-4-16-6-5-7-21-23(16)18-10-8-15(14-31(25,26)27)12-19(18)24(30-21)17-9-11-20(28-2)22(13-17)29-3/h4-13,24H,1,14H2,2-3H3,(H2,25,26,27). The molecule has 6 nitrogen and oxygen atoms in total. The SMILES string of the molecule is C=Cc1cccc2c1-c1ccc(CS(N)(=O)=O)cc1C(c1ccc(OC)c(OC)c1)O2. The summed E-state index contributed by atoms with van der Waals surface area (Å²) in [6.45, 7) is 3.92. The van der Waals surface area contributed by atoms with Gasteiger partial charge < -0.3 is 14.2 Å². The number of ether oxygens (including phenoxy) is 3. The van der Waals surface area contributed by atoms with E-state index in [1.807, 2.05) is 48.5 Å². The first-order valence-electron chi connectivity index (χ1n) is 9.62. The predicted molar refractivity (Wildman–Crippen MR) is 121 cm³/mol. The molecule has 1 heterocycles. The van der Waals surface area contributed by atoms with Crippen molar-refractivity contribution < 1.29 is 22.6 Å². The molecule has 7 heteroatoms. The number of nitrogens with two attached hydrogens (primary N) is 1. The van der Waals surface area contributed by atoms with E-state index in [0.717, 1.165) is 33.6 Å². The van der Waals surface area contributed by atoms with Crippen molar-refractivity contribution in [1.82, 2.24) is 0 Å². The molecule has 3 aromatic rings. The Morgan fingerprint density at radius 3 is 2.52 bits per heavy atom. The average Bonchev–Trinajstić information content (AvgIpc) is 2.76. The van der Waals surface area contributed by atoms with Gasteiger partial charge in [0.25, 0.3) is 0 Å². The van der Waals surface area contributed by atoms with Gasteiger partial charge in [0.1, 0.15) is 11.9 Å². The highest BCUT2D eigenvalue weighted by atomic mass is 32.2. The lowest BCUT2D eigenvalue weighted by atomic mass is 9.86. The van der Waals surface area contributed by atoms with Gasteiger partial charge in [-0.25, -0.2) is 13.6 Å². The number of rotatable bonds is 6. The number of hydrogen-bond donors (Lipinski definition) is 1. The Morgan fingerprint density at radius 1 is 1.06 bits per heavy atom. The third-order valence-electron chi connectivity index (χ3n) is 5.27. The Labute approximate surface area is 181 Å². The quantitative estimate of drug-likeness (QED) is 0.622. The van der Waals surface area contributed by atoms with Gasteiger partial charge in [-0.15, -0.1) is 0 Å². The summed E-state index contributed by atoms with van der Waals surface area (Å²) < 4.78 is 40.6. The second-order valence-corrected chi connectivity index (χ2v) is 8.88. The molecule has 1 atom stereocenters. The van der Waals surface area contributed by atoms with Crippen LogP contribution in [0.4, 0.5) is 0 Å². The summed E-state index contributed by atoms with van der Waals surface area (Å²) >= 11 is 0. The van der Waals surface area contributed by atoms with E-state index >= 15 is 0 Å². The molecule has 3 aromatic carbocycles. The van der Waals surface area contributed by atoms with E-state index in [-0.39, 0.29) is 5.75 Å². The van der Waals surface area contributed by atoms with Crippen LogP contribution >= 0.6 is 0 Å². The monoisotopic (exact) mass is 437 g/mol. The summed E-state index contributed by atoms with van der Waals surface area (Å²) in [5.41, 5.74) is 5.09. The molecule has 2 N–H and O–H groups in total. The lowest BCUT2D eigenvalue weighted by Gasteiger charge is -2.31. The molecule has 160 valence electrons. The Bertz CT molecular complexity index is 1270. The number of sulfonamides is 1. The Balaban J connectivity index is 1.92. The smallest absolute Gasteiger partial charge is 0.213 e. The highest BCUT2D eigenvalue weighted by Gasteiger charge is 2.30. The number of hydrogen-bond acceptors (Lipinski definition) is 5. The van der Waals surface area contributed by atoms with Crippen LogP contribution in [-0.4, -0.2) is 22.6 Å². The van der Waals surface area contributed by atoms with Crippen LogP contribution in [0.2, 0.25) is 0 Å². The molecule has 0 spiro atoms. The molecule has 0 radical (unpaired) electrons. The number of fused-ring (bicyclic) bond motifs is 3. The number of methoxy groups -OCH3 is 2. The topological polar surface area (TPSA) is 87.9 Å². The van der Waals surface area contributed by atoms with Gasteiger partial charge in [0.05, 0.1) is 20.0 Å². The van der Waals surface area contributed by atoms with Crippen molar-refractivity contribution in [2.45, 2.75) is 11.9 Å². The maximum Gasteiger partial charge on any atom is 0.213 e. The zero-order valence-electron chi connectivity index (χ0n) is 17.3. The summed E-state index contributed by atoms with van der Waals surface area (Å²) in [6.07, 6.45) is 1.31. The molecule has 31 heavy (non-hydrogen) atoms. The Hall–Kier alpha value is -3.29. The lowest BCUT2D eigenvalue weighted by molar-refractivity contribution is 0.242. The van der Waals surface area contributed by atoms with Crippen molar-refractivity contribution >= 4 is 16.1 Å². The summed E-state index contributed by atoms with van der Waals surface area (Å²) in [7, 11) is -0.516. The van der Waals surface area contributed by atoms with Crippen molar-refractivity contribution in [3.63, 3.8) is 0 Å². The van der Waals surface area contributed by atoms with Crippen molar-refractivity contribution in [2.75, 3.05) is 14.2 Å². The van der Waals surface area contributed by atoms with Crippen LogP contribution < -0.4 is 19.3 Å². The molecule has 4 rings (SSSR count). The highest BCUT2D eigenvalue weighted by molar-refractivity contribution is 7.88. The average molecular weight is 438 g/mol. The van der Waals surface area contributed by atoms with Crippen molar-refractivity contribution in [3.8, 4) is 28.4 Å². The van der Waals surface area contributed by atoms with E-state index in [1.165, 1.54) is 0 Å². The van der Waals surface area contributed by atoms with Crippen LogP contribution in [0.3, 0.4) is 0 Å². The summed E-state index contributed by atoms with van der Waals surface area (Å²) in [5, 5.41) is 5.28. The van der Waals surface area contributed by atoms with Crippen molar-refractivity contribution in [3.05, 3.63) is 83.4 Å². The van der Waals surface area contributed by atoms with Gasteiger partial charge in [0, 0.05) is 16.7 Å². The van der Waals surface area contributed by atoms with Gasteiger partial charge >= 0.3 is 0 Å². The molecule has 1 unspecified atom stereocenters. The van der Waals surface area contributed by atoms with Gasteiger partial charge in [-0.05, 0) is 34.9 Å². The molecule has 1 aliphatic rings. The van der Waals surface area contributed by atoms with Gasteiger partial charge in [-0.1, -0.05) is 49.1 Å². The van der Waals surface area contributed by atoms with E-state index in [2.05, 4.69) is 6.58 Å². The van der Waals surface area contributed by atoms with Crippen LogP contribution in [0.15, 0.2) is 61.2 Å². The maximum absolute atomic E-state index is 11.7. The lowest BCUT2D eigenvalue weighted by Crippen LogP contribution is -2.18. The number of primary sulfonamides is 1. The molecule has 0 saturated heterocycles. The van der Waals surface area contributed by atoms with Gasteiger partial charge in [0.2, 0.25) is 10.0 Å². The fraction of sp³-hybridized carbons (Fsp3) is 0.167. The minimum absolute atomic E-state index is 0.255. The Morgan fingerprint density at radius 2 is 1.84 bits per heavy atom. The highest BCUT2D eigenvalue weighted by Crippen LogP contribution is 2.47. The molecule has 0 aliphatic carbocycles. The zero-order valence-corrected chi connectivity index (χ0v) is 18.1. The van der Waals surface area contributed by atoms with E-state index < -0.39 is 16.1 Å². The van der Waals surface area contributed by atoms with Crippen LogP contribution in [-0.2, 0) is 15.8 Å². The van der Waals surface area contributed by atoms with E-state index in [9.17, 15) is 8.42 Å². The van der Waals surface area contributed by atoms with Crippen LogP contribution in [0, 0.1) is 0 Å². The first kappa shape index (κ1) is 21.0. The molecule has 0 saturated carbocycles. The van der Waals surface area contributed by atoms with Crippen molar-refractivity contribution in [1.29, 1.82) is 0 Å². The summed E-state index contributed by atoms with van der Waals surface area (Å²) in [4.78, 5) is 0. The molecule has 0 fully saturated rings. The van der Waals surface area contributed by atoms with E-state index in [0.29, 0.717) is 17.1 Å². The normalized spacial score (nSPS) is 14.7. The van der Waals surface area contributed by atoms with Crippen LogP contribution in [0.25, 0.3) is 17.2 Å². The van der Waals surface area contributed by atoms with E-state index in [1.54, 1.807) is 26.4 Å².